The molecule has 3 amide bonds. The summed E-state index contributed by atoms with van der Waals surface area (Å²) >= 11 is 3.35. The van der Waals surface area contributed by atoms with E-state index < -0.39 is 11.8 Å². The van der Waals surface area contributed by atoms with E-state index in [0.29, 0.717) is 35.1 Å². The van der Waals surface area contributed by atoms with E-state index in [2.05, 4.69) is 45.9 Å². The Bertz CT molecular complexity index is 927. The molecule has 0 saturated heterocycles. The monoisotopic (exact) mass is 489 g/mol. The van der Waals surface area contributed by atoms with E-state index in [1.54, 1.807) is 56.3 Å². The number of rotatable bonds is 8. The van der Waals surface area contributed by atoms with E-state index >= 15 is 0 Å². The largest absolute Gasteiger partial charge is 0.493 e. The lowest BCUT2D eigenvalue weighted by Gasteiger charge is -2.14. The molecule has 0 aliphatic carbocycles. The van der Waals surface area contributed by atoms with Crippen LogP contribution in [0.1, 0.15) is 54.8 Å². The van der Waals surface area contributed by atoms with Gasteiger partial charge in [-0.1, -0.05) is 43.6 Å². The van der Waals surface area contributed by atoms with Gasteiger partial charge in [0, 0.05) is 21.6 Å². The normalized spacial score (nSPS) is 10.7. The van der Waals surface area contributed by atoms with Crippen molar-refractivity contribution in [2.75, 3.05) is 11.9 Å². The third kappa shape index (κ3) is 7.71. The molecule has 0 radical (unpaired) electrons. The fourth-order valence-electron chi connectivity index (χ4n) is 2.45. The summed E-state index contributed by atoms with van der Waals surface area (Å²) < 4.78 is 6.47. The van der Waals surface area contributed by atoms with E-state index in [1.165, 1.54) is 0 Å². The molecule has 166 valence electrons. The number of anilines is 1. The second-order valence-corrected chi connectivity index (χ2v) is 8.72. The smallest absolute Gasteiger partial charge is 0.273 e. The molecule has 7 nitrogen and oxygen atoms in total. The third-order valence-electron chi connectivity index (χ3n) is 4.37. The summed E-state index contributed by atoms with van der Waals surface area (Å²) in [6, 6.07) is 11.5. The number of carbonyl (C=O) groups is 3. The molecule has 0 fully saturated rings. The van der Waals surface area contributed by atoms with Gasteiger partial charge in [-0.2, -0.15) is 0 Å². The molecule has 0 atom stereocenters. The van der Waals surface area contributed by atoms with E-state index in [1.807, 2.05) is 0 Å². The fourth-order valence-corrected chi connectivity index (χ4v) is 2.82. The minimum atomic E-state index is -0.491. The lowest BCUT2D eigenvalue weighted by Crippen LogP contribution is -2.41. The molecule has 0 spiro atoms. The highest BCUT2D eigenvalue weighted by atomic mass is 79.9. The van der Waals surface area contributed by atoms with Gasteiger partial charge in [0.1, 0.15) is 5.75 Å². The van der Waals surface area contributed by atoms with Crippen LogP contribution in [-0.4, -0.2) is 24.3 Å². The van der Waals surface area contributed by atoms with Crippen molar-refractivity contribution in [3.05, 3.63) is 58.1 Å². The van der Waals surface area contributed by atoms with Gasteiger partial charge in [0.25, 0.3) is 11.8 Å². The van der Waals surface area contributed by atoms with E-state index in [9.17, 15) is 14.4 Å². The van der Waals surface area contributed by atoms with Gasteiger partial charge in [0.2, 0.25) is 5.91 Å². The van der Waals surface area contributed by atoms with Crippen molar-refractivity contribution in [1.82, 2.24) is 10.9 Å². The maximum absolute atomic E-state index is 12.6. The van der Waals surface area contributed by atoms with Gasteiger partial charge < -0.3 is 10.1 Å². The van der Waals surface area contributed by atoms with Crippen molar-refractivity contribution < 1.29 is 19.1 Å². The average Bonchev–Trinajstić information content (AvgIpc) is 2.73. The van der Waals surface area contributed by atoms with Gasteiger partial charge in [-0.15, -0.1) is 0 Å². The second kappa shape index (κ2) is 11.5. The minimum Gasteiger partial charge on any atom is -0.493 e. The van der Waals surface area contributed by atoms with Gasteiger partial charge in [0.05, 0.1) is 12.2 Å². The van der Waals surface area contributed by atoms with Crippen LogP contribution >= 0.6 is 15.9 Å². The lowest BCUT2D eigenvalue weighted by molar-refractivity contribution is -0.118. The third-order valence-corrected chi connectivity index (χ3v) is 4.86. The van der Waals surface area contributed by atoms with E-state index in [4.69, 9.17) is 4.74 Å². The van der Waals surface area contributed by atoms with Crippen LogP contribution in [0.2, 0.25) is 0 Å². The second-order valence-electron chi connectivity index (χ2n) is 7.80. The summed E-state index contributed by atoms with van der Waals surface area (Å²) in [4.78, 5) is 36.7. The molecule has 2 rings (SSSR count). The summed E-state index contributed by atoms with van der Waals surface area (Å²) in [5, 5.41) is 2.76. The maximum atomic E-state index is 12.6. The van der Waals surface area contributed by atoms with Crippen molar-refractivity contribution in [3.8, 4) is 5.75 Å². The van der Waals surface area contributed by atoms with Crippen LogP contribution in [-0.2, 0) is 4.79 Å². The molecule has 3 N–H and O–H groups in total. The number of amides is 3. The summed E-state index contributed by atoms with van der Waals surface area (Å²) in [6.07, 6.45) is 0.863. The van der Waals surface area contributed by atoms with Gasteiger partial charge in [-0.05, 0) is 54.8 Å². The number of hydrazine groups is 1. The summed E-state index contributed by atoms with van der Waals surface area (Å²) in [6.45, 7) is 8.28. The standard InChI is InChI=1S/C23H28BrN3O4/c1-14(2)11-12-31-20-10-7-17(24)13-19(20)23(30)27-26-22(29)16-5-8-18(9-6-16)25-21(28)15(3)4/h5-10,13-15H,11-12H2,1-4H3,(H,25,28)(H,26,29)(H,27,30). The molecule has 31 heavy (non-hydrogen) atoms. The van der Waals surface area contributed by atoms with Crippen LogP contribution in [0.5, 0.6) is 5.75 Å². The zero-order valence-corrected chi connectivity index (χ0v) is 19.7. The Labute approximate surface area is 191 Å². The van der Waals surface area contributed by atoms with Crippen LogP contribution < -0.4 is 20.9 Å². The first kappa shape index (κ1) is 24.4. The predicted octanol–water partition coefficient (Wildman–Crippen LogP) is 4.54. The fraction of sp³-hybridized carbons (Fsp3) is 0.348. The number of hydrogen-bond acceptors (Lipinski definition) is 4. The zero-order chi connectivity index (χ0) is 23.0. The highest BCUT2D eigenvalue weighted by Gasteiger charge is 2.15. The van der Waals surface area contributed by atoms with Crippen LogP contribution in [0.25, 0.3) is 0 Å². The Morgan fingerprint density at radius 1 is 0.935 bits per heavy atom. The van der Waals surface area contributed by atoms with Crippen molar-refractivity contribution >= 4 is 39.3 Å². The topological polar surface area (TPSA) is 96.5 Å². The average molecular weight is 490 g/mol. The lowest BCUT2D eigenvalue weighted by atomic mass is 10.1. The SMILES string of the molecule is CC(C)CCOc1ccc(Br)cc1C(=O)NNC(=O)c1ccc(NC(=O)C(C)C)cc1. The molecule has 0 aliphatic rings. The molecular weight excluding hydrogens is 462 g/mol. The first-order chi connectivity index (χ1) is 14.7. The van der Waals surface area contributed by atoms with Crippen LogP contribution in [0, 0.1) is 11.8 Å². The first-order valence-corrected chi connectivity index (χ1v) is 10.9. The molecule has 2 aromatic carbocycles. The maximum Gasteiger partial charge on any atom is 0.273 e. The highest BCUT2D eigenvalue weighted by molar-refractivity contribution is 9.10. The van der Waals surface area contributed by atoms with E-state index in [0.717, 1.165) is 10.9 Å². The summed E-state index contributed by atoms with van der Waals surface area (Å²) in [7, 11) is 0. The number of ether oxygens (including phenoxy) is 1. The van der Waals surface area contributed by atoms with Crippen molar-refractivity contribution in [1.29, 1.82) is 0 Å². The summed E-state index contributed by atoms with van der Waals surface area (Å²) in [5.41, 5.74) is 6.06. The Morgan fingerprint density at radius 2 is 1.58 bits per heavy atom. The molecule has 0 heterocycles. The molecule has 0 bridgehead atoms. The van der Waals surface area contributed by atoms with Gasteiger partial charge >= 0.3 is 0 Å². The Morgan fingerprint density at radius 3 is 2.19 bits per heavy atom. The van der Waals surface area contributed by atoms with Crippen molar-refractivity contribution in [2.24, 2.45) is 11.8 Å². The predicted molar refractivity (Wildman–Crippen MR) is 124 cm³/mol. The molecule has 8 heteroatoms. The minimum absolute atomic E-state index is 0.107. The van der Waals surface area contributed by atoms with Gasteiger partial charge in [-0.3, -0.25) is 25.2 Å². The highest BCUT2D eigenvalue weighted by Crippen LogP contribution is 2.23. The van der Waals surface area contributed by atoms with Crippen molar-refractivity contribution in [2.45, 2.75) is 34.1 Å². The van der Waals surface area contributed by atoms with Crippen molar-refractivity contribution in [3.63, 3.8) is 0 Å². The zero-order valence-electron chi connectivity index (χ0n) is 18.1. The molecule has 0 aliphatic heterocycles. The molecule has 0 unspecified atom stereocenters. The molecule has 0 aromatic heterocycles. The number of hydrogen-bond donors (Lipinski definition) is 3. The Balaban J connectivity index is 1.98. The molecule has 0 saturated carbocycles. The van der Waals surface area contributed by atoms with Crippen LogP contribution in [0.4, 0.5) is 5.69 Å². The quantitative estimate of drug-likeness (QED) is 0.474. The van der Waals surface area contributed by atoms with Crippen LogP contribution in [0.15, 0.2) is 46.9 Å². The molecule has 2 aromatic rings. The Hall–Kier alpha value is -2.87. The Kier molecular flexibility index (Phi) is 9.05. The van der Waals surface area contributed by atoms with Crippen LogP contribution in [0.3, 0.4) is 0 Å². The first-order valence-electron chi connectivity index (χ1n) is 10.1. The van der Waals surface area contributed by atoms with Gasteiger partial charge in [0.15, 0.2) is 0 Å². The van der Waals surface area contributed by atoms with Gasteiger partial charge in [-0.25, -0.2) is 0 Å². The van der Waals surface area contributed by atoms with E-state index in [-0.39, 0.29) is 11.8 Å². The number of benzene rings is 2. The number of carbonyl (C=O) groups excluding carboxylic acids is 3. The molecular formula is C23H28BrN3O4. The summed E-state index contributed by atoms with van der Waals surface area (Å²) in [5.74, 6) is -0.291. The number of nitrogens with one attached hydrogen (secondary N) is 3. The number of halogens is 1.